The number of urea groups is 1. The molecule has 2 aliphatic carbocycles. The average Bonchev–Trinajstić information content (AvgIpc) is 3.27. The van der Waals surface area contributed by atoms with Crippen LogP contribution >= 0.6 is 0 Å². The molecule has 2 amide bonds. The number of nitrogens with zero attached hydrogens (tertiary/aromatic N) is 7. The molecule has 1 N–H and O–H groups in total. The summed E-state index contributed by atoms with van der Waals surface area (Å²) in [5, 5.41) is 12.1. The minimum atomic E-state index is -4.57. The van der Waals surface area contributed by atoms with E-state index in [1.807, 2.05) is 21.9 Å². The summed E-state index contributed by atoms with van der Waals surface area (Å²) in [5.74, 6) is 2.11. The summed E-state index contributed by atoms with van der Waals surface area (Å²) in [6.45, 7) is 2.90. The summed E-state index contributed by atoms with van der Waals surface area (Å²) >= 11 is 0. The lowest BCUT2D eigenvalue weighted by atomic mass is 9.57. The second-order valence-electron chi connectivity index (χ2n) is 10.8. The molecule has 7 rings (SSSR count). The molecule has 4 fully saturated rings. The van der Waals surface area contributed by atoms with Crippen molar-refractivity contribution in [2.45, 2.75) is 49.6 Å². The van der Waals surface area contributed by atoms with Gasteiger partial charge in [-0.15, -0.1) is 15.3 Å². The fourth-order valence-corrected chi connectivity index (χ4v) is 5.81. The van der Waals surface area contributed by atoms with Gasteiger partial charge in [0.05, 0.1) is 5.69 Å². The number of aromatic nitrogens is 6. The fraction of sp³-hybridized carbons (Fsp3) is 0.542. The zero-order valence-corrected chi connectivity index (χ0v) is 19.4. The van der Waals surface area contributed by atoms with Crippen molar-refractivity contribution in [1.29, 1.82) is 0 Å². The van der Waals surface area contributed by atoms with Crippen LogP contribution in [0.5, 0.6) is 0 Å². The van der Waals surface area contributed by atoms with Crippen LogP contribution in [0, 0.1) is 5.41 Å². The van der Waals surface area contributed by atoms with Gasteiger partial charge in [0, 0.05) is 49.3 Å². The van der Waals surface area contributed by atoms with Crippen LogP contribution in [0.2, 0.25) is 0 Å². The Kier molecular flexibility index (Phi) is 4.56. The molecule has 0 atom stereocenters. The quantitative estimate of drug-likeness (QED) is 0.592. The first-order chi connectivity index (χ1) is 17.3. The SMILES string of the molecule is O=C(N1CC(c2ccc(-n3cnc(C(F)(F)F)n3)cc2)C1)N1CC2(CC(c3nnc(C4CC4)[nH]3)C2)C1. The Balaban J connectivity index is 0.889. The molecule has 12 heteroatoms. The van der Waals surface area contributed by atoms with Gasteiger partial charge in [0.1, 0.15) is 18.0 Å². The summed E-state index contributed by atoms with van der Waals surface area (Å²) in [6, 6.07) is 7.30. The number of H-pyrrole nitrogens is 1. The monoisotopic (exact) mass is 498 g/mol. The minimum Gasteiger partial charge on any atom is -0.328 e. The first-order valence-electron chi connectivity index (χ1n) is 12.3. The third-order valence-electron chi connectivity index (χ3n) is 8.08. The van der Waals surface area contributed by atoms with Gasteiger partial charge in [-0.05, 0) is 43.4 Å². The van der Waals surface area contributed by atoms with E-state index in [9.17, 15) is 18.0 Å². The summed E-state index contributed by atoms with van der Waals surface area (Å²) in [7, 11) is 0. The first kappa shape index (κ1) is 21.8. The molecule has 1 spiro atoms. The number of carbonyl (C=O) groups is 1. The minimum absolute atomic E-state index is 0.0925. The Morgan fingerprint density at radius 2 is 1.61 bits per heavy atom. The highest BCUT2D eigenvalue weighted by Gasteiger charge is 2.56. The van der Waals surface area contributed by atoms with Crippen LogP contribution in [0.15, 0.2) is 30.6 Å². The van der Waals surface area contributed by atoms with E-state index in [2.05, 4.69) is 25.3 Å². The number of halogens is 3. The van der Waals surface area contributed by atoms with Gasteiger partial charge < -0.3 is 14.8 Å². The number of alkyl halides is 3. The molecule has 2 aliphatic heterocycles. The van der Waals surface area contributed by atoms with Gasteiger partial charge in [-0.2, -0.15) is 13.2 Å². The van der Waals surface area contributed by atoms with Gasteiger partial charge in [0.2, 0.25) is 0 Å². The van der Waals surface area contributed by atoms with E-state index in [0.29, 0.717) is 30.6 Å². The summed E-state index contributed by atoms with van der Waals surface area (Å²) in [4.78, 5) is 23.4. The van der Waals surface area contributed by atoms with E-state index < -0.39 is 12.0 Å². The van der Waals surface area contributed by atoms with Crippen molar-refractivity contribution < 1.29 is 18.0 Å². The van der Waals surface area contributed by atoms with Crippen molar-refractivity contribution >= 4 is 6.03 Å². The maximum Gasteiger partial charge on any atom is 0.453 e. The van der Waals surface area contributed by atoms with E-state index in [0.717, 1.165) is 54.2 Å². The second-order valence-corrected chi connectivity index (χ2v) is 10.8. The number of hydrogen-bond acceptors (Lipinski definition) is 5. The molecule has 4 heterocycles. The Bertz CT molecular complexity index is 1290. The maximum atomic E-state index is 12.9. The highest BCUT2D eigenvalue weighted by molar-refractivity contribution is 5.77. The molecule has 0 bridgehead atoms. The van der Waals surface area contributed by atoms with Gasteiger partial charge in [-0.1, -0.05) is 12.1 Å². The van der Waals surface area contributed by atoms with Crippen LogP contribution in [0.3, 0.4) is 0 Å². The standard InChI is InChI=1S/C24H25F3N8O/c25-24(26,27)21-28-13-35(32-21)18-5-3-14(4-6-18)17-9-33(10-17)22(36)34-11-23(12-34)7-16(8-23)20-29-19(30-31-20)15-1-2-15/h3-6,13,15-17H,1-2,7-12H2,(H,29,30,31). The summed E-state index contributed by atoms with van der Waals surface area (Å²) in [6.07, 6.45) is 1.02. The Hall–Kier alpha value is -3.44. The summed E-state index contributed by atoms with van der Waals surface area (Å²) < 4.78 is 39.3. The van der Waals surface area contributed by atoms with Gasteiger partial charge in [-0.25, -0.2) is 14.5 Å². The van der Waals surface area contributed by atoms with Gasteiger partial charge in [0.15, 0.2) is 0 Å². The van der Waals surface area contributed by atoms with Crippen LogP contribution in [0.1, 0.15) is 66.5 Å². The van der Waals surface area contributed by atoms with Crippen LogP contribution < -0.4 is 0 Å². The predicted octanol–water partition coefficient (Wildman–Crippen LogP) is 3.68. The van der Waals surface area contributed by atoms with Crippen molar-refractivity contribution in [3.63, 3.8) is 0 Å². The third-order valence-corrected chi connectivity index (χ3v) is 8.08. The lowest BCUT2D eigenvalue weighted by molar-refractivity contribution is -0.144. The molecule has 0 radical (unpaired) electrons. The molecular weight excluding hydrogens is 473 g/mol. The number of rotatable bonds is 4. The highest BCUT2D eigenvalue weighted by atomic mass is 19.4. The van der Waals surface area contributed by atoms with E-state index in [1.54, 1.807) is 12.1 Å². The van der Waals surface area contributed by atoms with E-state index in [-0.39, 0.29) is 17.4 Å². The number of likely N-dealkylation sites (tertiary alicyclic amines) is 2. The van der Waals surface area contributed by atoms with Crippen LogP contribution in [0.4, 0.5) is 18.0 Å². The lowest BCUT2D eigenvalue weighted by Crippen LogP contribution is -2.67. The molecule has 188 valence electrons. The van der Waals surface area contributed by atoms with Gasteiger partial charge >= 0.3 is 12.2 Å². The second kappa shape index (κ2) is 7.53. The van der Waals surface area contributed by atoms with Crippen molar-refractivity contribution in [3.05, 3.63) is 53.6 Å². The number of carbonyl (C=O) groups excluding carboxylic acids is 1. The number of aromatic amines is 1. The van der Waals surface area contributed by atoms with E-state index >= 15 is 0 Å². The number of benzene rings is 1. The fourth-order valence-electron chi connectivity index (χ4n) is 5.81. The Labute approximate surface area is 204 Å². The number of hydrogen-bond donors (Lipinski definition) is 1. The van der Waals surface area contributed by atoms with E-state index in [1.165, 1.54) is 12.8 Å². The average molecular weight is 499 g/mol. The predicted molar refractivity (Wildman–Crippen MR) is 120 cm³/mol. The smallest absolute Gasteiger partial charge is 0.328 e. The van der Waals surface area contributed by atoms with Gasteiger partial charge in [-0.3, -0.25) is 0 Å². The third kappa shape index (κ3) is 3.65. The molecule has 2 aromatic heterocycles. The van der Waals surface area contributed by atoms with Crippen LogP contribution in [0.25, 0.3) is 5.69 Å². The largest absolute Gasteiger partial charge is 0.453 e. The van der Waals surface area contributed by atoms with Crippen LogP contribution in [-0.2, 0) is 6.18 Å². The lowest BCUT2D eigenvalue weighted by Gasteiger charge is -2.59. The molecule has 2 saturated heterocycles. The molecule has 1 aromatic carbocycles. The molecule has 3 aromatic rings. The summed E-state index contributed by atoms with van der Waals surface area (Å²) in [5.41, 5.74) is 1.80. The molecule has 9 nitrogen and oxygen atoms in total. The highest BCUT2D eigenvalue weighted by Crippen LogP contribution is 2.56. The zero-order valence-electron chi connectivity index (χ0n) is 19.4. The number of amides is 2. The molecule has 2 saturated carbocycles. The van der Waals surface area contributed by atoms with Crippen molar-refractivity contribution in [2.24, 2.45) is 5.41 Å². The Morgan fingerprint density at radius 1 is 0.944 bits per heavy atom. The molecule has 4 aliphatic rings. The molecular formula is C24H25F3N8O. The molecule has 0 unspecified atom stereocenters. The van der Waals surface area contributed by atoms with Crippen molar-refractivity contribution in [2.75, 3.05) is 26.2 Å². The van der Waals surface area contributed by atoms with E-state index in [4.69, 9.17) is 0 Å². The Morgan fingerprint density at radius 3 is 2.22 bits per heavy atom. The number of nitrogens with one attached hydrogen (secondary N) is 1. The normalized spacial score (nSPS) is 21.9. The molecule has 36 heavy (non-hydrogen) atoms. The van der Waals surface area contributed by atoms with Crippen molar-refractivity contribution in [1.82, 2.24) is 39.7 Å². The zero-order chi connectivity index (χ0) is 24.7. The van der Waals surface area contributed by atoms with Crippen LogP contribution in [-0.4, -0.2) is 72.0 Å². The first-order valence-corrected chi connectivity index (χ1v) is 12.3. The van der Waals surface area contributed by atoms with Gasteiger partial charge in [0.25, 0.3) is 5.82 Å². The topological polar surface area (TPSA) is 95.8 Å². The van der Waals surface area contributed by atoms with Crippen molar-refractivity contribution in [3.8, 4) is 5.69 Å². The maximum absolute atomic E-state index is 12.9.